The molecule has 1 rings (SSSR count). The van der Waals surface area contributed by atoms with Gasteiger partial charge in [0, 0.05) is 13.1 Å². The Balaban J connectivity index is 0.000001000. The SMILES string of the molecule is Cl.O=P(O)(O)N1CCCCC1. The van der Waals surface area contributed by atoms with E-state index in [0.717, 1.165) is 19.3 Å². The maximum Gasteiger partial charge on any atom is 0.402 e. The lowest BCUT2D eigenvalue weighted by atomic mass is 10.2. The summed E-state index contributed by atoms with van der Waals surface area (Å²) in [7, 11) is -3.91. The molecule has 0 radical (unpaired) electrons. The minimum absolute atomic E-state index is 0. The van der Waals surface area contributed by atoms with Crippen LogP contribution in [-0.4, -0.2) is 27.5 Å². The molecule has 6 heteroatoms. The zero-order valence-electron chi connectivity index (χ0n) is 6.14. The third kappa shape index (κ3) is 3.54. The van der Waals surface area contributed by atoms with Crippen molar-refractivity contribution in [3.63, 3.8) is 0 Å². The maximum absolute atomic E-state index is 10.6. The largest absolute Gasteiger partial charge is 0.402 e. The summed E-state index contributed by atoms with van der Waals surface area (Å²) in [5, 5.41) is 0. The van der Waals surface area contributed by atoms with Gasteiger partial charge in [0.25, 0.3) is 0 Å². The Labute approximate surface area is 72.2 Å². The highest BCUT2D eigenvalue weighted by molar-refractivity contribution is 7.49. The molecule has 1 aliphatic rings. The second-order valence-corrected chi connectivity index (χ2v) is 4.12. The molecule has 1 heterocycles. The Morgan fingerprint density at radius 1 is 1.09 bits per heavy atom. The fourth-order valence-electron chi connectivity index (χ4n) is 1.14. The Hall–Kier alpha value is 0.400. The molecule has 0 atom stereocenters. The molecule has 0 bridgehead atoms. The molecule has 1 saturated heterocycles. The van der Waals surface area contributed by atoms with Crippen molar-refractivity contribution in [2.24, 2.45) is 0 Å². The minimum Gasteiger partial charge on any atom is -0.312 e. The molecule has 1 aliphatic heterocycles. The van der Waals surface area contributed by atoms with Gasteiger partial charge in [-0.1, -0.05) is 6.42 Å². The lowest BCUT2D eigenvalue weighted by Crippen LogP contribution is -2.26. The van der Waals surface area contributed by atoms with Crippen molar-refractivity contribution < 1.29 is 14.4 Å². The van der Waals surface area contributed by atoms with Gasteiger partial charge in [-0.2, -0.15) is 0 Å². The summed E-state index contributed by atoms with van der Waals surface area (Å²) in [6.07, 6.45) is 2.91. The van der Waals surface area contributed by atoms with Crippen molar-refractivity contribution >= 4 is 20.2 Å². The number of hydrogen-bond acceptors (Lipinski definition) is 1. The van der Waals surface area contributed by atoms with E-state index in [1.54, 1.807) is 0 Å². The van der Waals surface area contributed by atoms with E-state index >= 15 is 0 Å². The molecule has 4 nitrogen and oxygen atoms in total. The molecule has 0 spiro atoms. The molecule has 0 aromatic heterocycles. The summed E-state index contributed by atoms with van der Waals surface area (Å²) in [4.78, 5) is 17.4. The van der Waals surface area contributed by atoms with Crippen LogP contribution >= 0.6 is 20.2 Å². The molecule has 0 aromatic rings. The van der Waals surface area contributed by atoms with Crippen LogP contribution in [0.3, 0.4) is 0 Å². The van der Waals surface area contributed by atoms with Crippen molar-refractivity contribution in [1.29, 1.82) is 0 Å². The van der Waals surface area contributed by atoms with Crippen LogP contribution in [0.15, 0.2) is 0 Å². The third-order valence-corrected chi connectivity index (χ3v) is 2.84. The van der Waals surface area contributed by atoms with Crippen molar-refractivity contribution in [2.75, 3.05) is 13.1 Å². The quantitative estimate of drug-likeness (QED) is 0.621. The van der Waals surface area contributed by atoms with Gasteiger partial charge < -0.3 is 9.79 Å². The van der Waals surface area contributed by atoms with Crippen LogP contribution in [0.25, 0.3) is 0 Å². The molecule has 0 aliphatic carbocycles. The summed E-state index contributed by atoms with van der Waals surface area (Å²) in [6.45, 7) is 1.09. The van der Waals surface area contributed by atoms with Gasteiger partial charge in [0.15, 0.2) is 0 Å². The lowest BCUT2D eigenvalue weighted by molar-refractivity contribution is 0.245. The first-order valence-electron chi connectivity index (χ1n) is 3.42. The first kappa shape index (κ1) is 11.4. The molecule has 0 unspecified atom stereocenters. The summed E-state index contributed by atoms with van der Waals surface area (Å²) < 4.78 is 11.9. The zero-order chi connectivity index (χ0) is 7.61. The van der Waals surface area contributed by atoms with Gasteiger partial charge in [-0.15, -0.1) is 12.4 Å². The normalized spacial score (nSPS) is 20.9. The van der Waals surface area contributed by atoms with Gasteiger partial charge >= 0.3 is 7.75 Å². The van der Waals surface area contributed by atoms with Crippen LogP contribution in [0.2, 0.25) is 0 Å². The summed E-state index contributed by atoms with van der Waals surface area (Å²) in [5.41, 5.74) is 0. The summed E-state index contributed by atoms with van der Waals surface area (Å²) >= 11 is 0. The summed E-state index contributed by atoms with van der Waals surface area (Å²) in [6, 6.07) is 0. The van der Waals surface area contributed by atoms with Crippen LogP contribution in [-0.2, 0) is 4.57 Å². The van der Waals surface area contributed by atoms with Crippen molar-refractivity contribution in [2.45, 2.75) is 19.3 Å². The molecule has 11 heavy (non-hydrogen) atoms. The van der Waals surface area contributed by atoms with Crippen LogP contribution in [0.5, 0.6) is 0 Å². The van der Waals surface area contributed by atoms with Gasteiger partial charge in [0.1, 0.15) is 0 Å². The molecular weight excluding hydrogens is 188 g/mol. The van der Waals surface area contributed by atoms with E-state index in [2.05, 4.69) is 0 Å². The van der Waals surface area contributed by atoms with E-state index < -0.39 is 7.75 Å². The van der Waals surface area contributed by atoms with E-state index in [-0.39, 0.29) is 12.4 Å². The van der Waals surface area contributed by atoms with E-state index in [4.69, 9.17) is 9.79 Å². The second kappa shape index (κ2) is 4.43. The molecule has 0 amide bonds. The van der Waals surface area contributed by atoms with Crippen molar-refractivity contribution in [1.82, 2.24) is 4.67 Å². The highest BCUT2D eigenvalue weighted by Crippen LogP contribution is 2.41. The van der Waals surface area contributed by atoms with Gasteiger partial charge in [-0.25, -0.2) is 9.24 Å². The summed E-state index contributed by atoms with van der Waals surface area (Å²) in [5.74, 6) is 0. The minimum atomic E-state index is -3.91. The Kier molecular flexibility index (Phi) is 4.59. The fourth-order valence-corrected chi connectivity index (χ4v) is 1.94. The second-order valence-electron chi connectivity index (χ2n) is 2.53. The average molecular weight is 202 g/mol. The van der Waals surface area contributed by atoms with Crippen LogP contribution in [0, 0.1) is 0 Å². The average Bonchev–Trinajstić information content (AvgIpc) is 1.88. The zero-order valence-corrected chi connectivity index (χ0v) is 7.85. The smallest absolute Gasteiger partial charge is 0.312 e. The highest BCUT2D eigenvalue weighted by Gasteiger charge is 2.25. The number of hydrogen-bond donors (Lipinski definition) is 2. The topological polar surface area (TPSA) is 60.8 Å². The Morgan fingerprint density at radius 2 is 1.55 bits per heavy atom. The maximum atomic E-state index is 10.6. The number of piperidine rings is 1. The van der Waals surface area contributed by atoms with E-state index in [1.165, 1.54) is 4.67 Å². The highest BCUT2D eigenvalue weighted by atomic mass is 35.5. The van der Waals surface area contributed by atoms with E-state index in [0.29, 0.717) is 13.1 Å². The predicted molar refractivity (Wildman–Crippen MR) is 44.7 cm³/mol. The fraction of sp³-hybridized carbons (Fsp3) is 1.00. The molecular formula is C5H13ClNO3P. The number of nitrogens with zero attached hydrogens (tertiary/aromatic N) is 1. The molecule has 2 N–H and O–H groups in total. The van der Waals surface area contributed by atoms with Gasteiger partial charge in [-0.3, -0.25) is 0 Å². The first-order valence-corrected chi connectivity index (χ1v) is 4.98. The Morgan fingerprint density at radius 3 is 1.82 bits per heavy atom. The Bertz CT molecular complexity index is 154. The van der Waals surface area contributed by atoms with Crippen molar-refractivity contribution in [3.05, 3.63) is 0 Å². The number of rotatable bonds is 1. The molecule has 68 valence electrons. The van der Waals surface area contributed by atoms with Crippen LogP contribution in [0.4, 0.5) is 0 Å². The first-order chi connectivity index (χ1) is 4.61. The third-order valence-electron chi connectivity index (χ3n) is 1.70. The number of halogens is 1. The van der Waals surface area contributed by atoms with E-state index in [9.17, 15) is 4.57 Å². The van der Waals surface area contributed by atoms with Crippen molar-refractivity contribution in [3.8, 4) is 0 Å². The molecule has 1 fully saturated rings. The van der Waals surface area contributed by atoms with Crippen LogP contribution in [0.1, 0.15) is 19.3 Å². The van der Waals surface area contributed by atoms with E-state index in [1.807, 2.05) is 0 Å². The standard InChI is InChI=1S/C5H12NO3P.ClH/c7-10(8,9)6-4-2-1-3-5-6;/h1-5H2,(H2,7,8,9);1H. The monoisotopic (exact) mass is 201 g/mol. The van der Waals surface area contributed by atoms with Gasteiger partial charge in [0.05, 0.1) is 0 Å². The molecule has 0 aromatic carbocycles. The molecule has 0 saturated carbocycles. The van der Waals surface area contributed by atoms with Gasteiger partial charge in [-0.05, 0) is 12.8 Å². The van der Waals surface area contributed by atoms with Gasteiger partial charge in [0.2, 0.25) is 0 Å². The van der Waals surface area contributed by atoms with Crippen LogP contribution < -0.4 is 0 Å². The lowest BCUT2D eigenvalue weighted by Gasteiger charge is -2.26. The predicted octanol–water partition coefficient (Wildman–Crippen LogP) is 0.987.